The smallest absolute Gasteiger partial charge is 0.0952 e. The van der Waals surface area contributed by atoms with Gasteiger partial charge in [-0.3, -0.25) is 14.9 Å². The lowest BCUT2D eigenvalue weighted by molar-refractivity contribution is 0.0772. The Hall–Kier alpha value is -3.31. The summed E-state index contributed by atoms with van der Waals surface area (Å²) >= 11 is 0. The number of aromatic nitrogens is 4. The average Bonchev–Trinajstić information content (AvgIpc) is 3.31. The summed E-state index contributed by atoms with van der Waals surface area (Å²) in [7, 11) is 0. The second-order valence-corrected chi connectivity index (χ2v) is 9.38. The van der Waals surface area contributed by atoms with E-state index in [2.05, 4.69) is 72.0 Å². The van der Waals surface area contributed by atoms with E-state index in [0.29, 0.717) is 12.1 Å². The highest BCUT2D eigenvalue weighted by molar-refractivity contribution is 5.26. The van der Waals surface area contributed by atoms with Crippen molar-refractivity contribution in [3.63, 3.8) is 0 Å². The highest BCUT2D eigenvalue weighted by Crippen LogP contribution is 2.42. The van der Waals surface area contributed by atoms with Crippen LogP contribution in [0.2, 0.25) is 0 Å². The van der Waals surface area contributed by atoms with Crippen LogP contribution in [0.1, 0.15) is 65.1 Å². The molecule has 34 heavy (non-hydrogen) atoms. The molecule has 0 saturated carbocycles. The Balaban J connectivity index is 1.39. The lowest BCUT2D eigenvalue weighted by Crippen LogP contribution is -2.39. The van der Waals surface area contributed by atoms with Crippen LogP contribution < -0.4 is 0 Å². The molecule has 0 radical (unpaired) electrons. The molecule has 2 unspecified atom stereocenters. The highest BCUT2D eigenvalue weighted by Gasteiger charge is 2.35. The van der Waals surface area contributed by atoms with Crippen molar-refractivity contribution in [2.45, 2.75) is 58.2 Å². The first-order valence-corrected chi connectivity index (χ1v) is 12.3. The number of hydrogen-bond donors (Lipinski definition) is 0. The second-order valence-electron chi connectivity index (χ2n) is 9.38. The van der Waals surface area contributed by atoms with Crippen LogP contribution in [0, 0.1) is 13.8 Å². The standard InChI is InChI=1S/C29H33N5/c1-22-9-7-16-30-28(22)26-13-6-14-27(29-23(2)10-8-17-31-29)34(26)18-15-25-20-33(21-32-25)19-24-11-4-3-5-12-24/h3-5,7-12,16-17,20-21,26-27H,6,13-15,18-19H2,1-2H3. The third-order valence-electron chi connectivity index (χ3n) is 7.01. The van der Waals surface area contributed by atoms with Crippen LogP contribution in [-0.4, -0.2) is 31.0 Å². The lowest BCUT2D eigenvalue weighted by atomic mass is 9.88. The number of imidazole rings is 1. The second kappa shape index (κ2) is 10.3. The topological polar surface area (TPSA) is 46.8 Å². The first-order valence-electron chi connectivity index (χ1n) is 12.3. The van der Waals surface area contributed by atoms with Gasteiger partial charge in [0.05, 0.1) is 35.5 Å². The molecule has 0 bridgehead atoms. The van der Waals surface area contributed by atoms with E-state index in [1.54, 1.807) is 0 Å². The van der Waals surface area contributed by atoms with Crippen molar-refractivity contribution in [1.82, 2.24) is 24.4 Å². The molecule has 3 aromatic heterocycles. The van der Waals surface area contributed by atoms with Crippen molar-refractivity contribution in [2.24, 2.45) is 0 Å². The van der Waals surface area contributed by atoms with E-state index >= 15 is 0 Å². The van der Waals surface area contributed by atoms with Crippen LogP contribution in [0.4, 0.5) is 0 Å². The minimum atomic E-state index is 0.299. The van der Waals surface area contributed by atoms with E-state index in [4.69, 9.17) is 15.0 Å². The largest absolute Gasteiger partial charge is 0.333 e. The molecule has 174 valence electrons. The highest BCUT2D eigenvalue weighted by atomic mass is 15.2. The average molecular weight is 452 g/mol. The summed E-state index contributed by atoms with van der Waals surface area (Å²) < 4.78 is 2.18. The maximum atomic E-state index is 4.83. The van der Waals surface area contributed by atoms with Crippen molar-refractivity contribution < 1.29 is 0 Å². The van der Waals surface area contributed by atoms with Gasteiger partial charge in [-0.2, -0.15) is 0 Å². The van der Waals surface area contributed by atoms with Gasteiger partial charge in [0.1, 0.15) is 0 Å². The molecule has 1 fully saturated rings. The van der Waals surface area contributed by atoms with E-state index in [0.717, 1.165) is 38.0 Å². The zero-order valence-corrected chi connectivity index (χ0v) is 20.1. The summed E-state index contributed by atoms with van der Waals surface area (Å²) in [6.07, 6.45) is 12.4. The molecule has 0 spiro atoms. The van der Waals surface area contributed by atoms with Gasteiger partial charge in [0.25, 0.3) is 0 Å². The summed E-state index contributed by atoms with van der Waals surface area (Å²) in [6.45, 7) is 6.15. The van der Waals surface area contributed by atoms with Crippen molar-refractivity contribution in [2.75, 3.05) is 6.54 Å². The Morgan fingerprint density at radius 2 is 1.44 bits per heavy atom. The first-order chi connectivity index (χ1) is 16.7. The molecule has 1 aromatic carbocycles. The number of likely N-dealkylation sites (tertiary alicyclic amines) is 1. The molecule has 2 atom stereocenters. The quantitative estimate of drug-likeness (QED) is 0.354. The van der Waals surface area contributed by atoms with Gasteiger partial charge in [0.15, 0.2) is 0 Å². The fourth-order valence-corrected chi connectivity index (χ4v) is 5.31. The summed E-state index contributed by atoms with van der Waals surface area (Å²) in [5.41, 5.74) is 7.37. The van der Waals surface area contributed by atoms with Crippen LogP contribution in [0.5, 0.6) is 0 Å². The molecule has 4 heterocycles. The van der Waals surface area contributed by atoms with Crippen LogP contribution in [0.25, 0.3) is 0 Å². The molecule has 1 aliphatic heterocycles. The Morgan fingerprint density at radius 1 is 0.794 bits per heavy atom. The first kappa shape index (κ1) is 22.5. The molecule has 1 aliphatic rings. The number of rotatable bonds is 7. The lowest BCUT2D eigenvalue weighted by Gasteiger charge is -2.42. The molecule has 4 aromatic rings. The van der Waals surface area contributed by atoms with Gasteiger partial charge >= 0.3 is 0 Å². The van der Waals surface area contributed by atoms with E-state index in [9.17, 15) is 0 Å². The van der Waals surface area contributed by atoms with Crippen LogP contribution >= 0.6 is 0 Å². The van der Waals surface area contributed by atoms with Crippen LogP contribution in [0.15, 0.2) is 79.5 Å². The van der Waals surface area contributed by atoms with Gasteiger partial charge < -0.3 is 4.57 Å². The van der Waals surface area contributed by atoms with Crippen molar-refractivity contribution in [3.05, 3.63) is 113 Å². The third kappa shape index (κ3) is 4.95. The molecular formula is C29H33N5. The number of pyridine rings is 2. The zero-order valence-electron chi connectivity index (χ0n) is 20.1. The predicted molar refractivity (Wildman–Crippen MR) is 135 cm³/mol. The molecule has 5 rings (SSSR count). The third-order valence-corrected chi connectivity index (χ3v) is 7.01. The number of piperidine rings is 1. The minimum absolute atomic E-state index is 0.299. The Morgan fingerprint density at radius 3 is 2.06 bits per heavy atom. The number of hydrogen-bond acceptors (Lipinski definition) is 4. The predicted octanol–water partition coefficient (Wildman–Crippen LogP) is 5.85. The Kier molecular flexibility index (Phi) is 6.82. The summed E-state index contributed by atoms with van der Waals surface area (Å²) in [6, 6.07) is 19.6. The van der Waals surface area contributed by atoms with Crippen LogP contribution in [0.3, 0.4) is 0 Å². The van der Waals surface area contributed by atoms with Gasteiger partial charge in [-0.15, -0.1) is 0 Å². The molecule has 0 amide bonds. The number of benzene rings is 1. The van der Waals surface area contributed by atoms with Crippen LogP contribution in [-0.2, 0) is 13.0 Å². The van der Waals surface area contributed by atoms with Gasteiger partial charge in [-0.1, -0.05) is 42.5 Å². The van der Waals surface area contributed by atoms with E-state index in [1.807, 2.05) is 30.9 Å². The Labute approximate surface area is 202 Å². The van der Waals surface area contributed by atoms with E-state index in [1.165, 1.54) is 34.5 Å². The summed E-state index contributed by atoms with van der Waals surface area (Å²) in [5.74, 6) is 0. The zero-order chi connectivity index (χ0) is 23.3. The van der Waals surface area contributed by atoms with E-state index in [-0.39, 0.29) is 0 Å². The maximum absolute atomic E-state index is 4.83. The monoisotopic (exact) mass is 451 g/mol. The fourth-order valence-electron chi connectivity index (χ4n) is 5.31. The van der Waals surface area contributed by atoms with Gasteiger partial charge in [0.2, 0.25) is 0 Å². The fraction of sp³-hybridized carbons (Fsp3) is 0.345. The summed E-state index contributed by atoms with van der Waals surface area (Å²) in [4.78, 5) is 17.0. The number of nitrogens with zero attached hydrogens (tertiary/aromatic N) is 5. The molecule has 1 saturated heterocycles. The van der Waals surface area contributed by atoms with Gasteiger partial charge in [0, 0.05) is 38.1 Å². The maximum Gasteiger partial charge on any atom is 0.0952 e. The molecule has 0 aliphatic carbocycles. The van der Waals surface area contributed by atoms with Crippen molar-refractivity contribution in [1.29, 1.82) is 0 Å². The van der Waals surface area contributed by atoms with Crippen molar-refractivity contribution >= 4 is 0 Å². The molecular weight excluding hydrogens is 418 g/mol. The van der Waals surface area contributed by atoms with Gasteiger partial charge in [-0.25, -0.2) is 4.98 Å². The Bertz CT molecular complexity index is 1160. The molecule has 5 heteroatoms. The molecule has 5 nitrogen and oxygen atoms in total. The normalized spacial score (nSPS) is 18.8. The minimum Gasteiger partial charge on any atom is -0.333 e. The van der Waals surface area contributed by atoms with E-state index < -0.39 is 0 Å². The summed E-state index contributed by atoms with van der Waals surface area (Å²) in [5, 5.41) is 0. The SMILES string of the molecule is Cc1cccnc1C1CCCC(c2ncccc2C)N1CCc1cn(Cc2ccccc2)cn1. The van der Waals surface area contributed by atoms with Crippen molar-refractivity contribution in [3.8, 4) is 0 Å². The molecule has 0 N–H and O–H groups in total. The number of aryl methyl sites for hydroxylation is 2. The van der Waals surface area contributed by atoms with Gasteiger partial charge in [-0.05, 0) is 61.9 Å².